The molecule has 3 aromatic rings. The molecule has 4 rings (SSSR count). The number of nitrogens with zero attached hydrogens (tertiary/aromatic N) is 3. The molecule has 164 valence electrons. The summed E-state index contributed by atoms with van der Waals surface area (Å²) in [6, 6.07) is 15.5. The third kappa shape index (κ3) is 5.51. The maximum atomic E-state index is 5.87. The van der Waals surface area contributed by atoms with E-state index in [9.17, 15) is 0 Å². The predicted molar refractivity (Wildman–Crippen MR) is 120 cm³/mol. The molecule has 1 aromatic heterocycles. The van der Waals surface area contributed by atoms with Gasteiger partial charge in [0.2, 0.25) is 0 Å². The lowest BCUT2D eigenvalue weighted by Crippen LogP contribution is -2.17. The topological polar surface area (TPSA) is 67.6 Å². The first-order chi connectivity index (χ1) is 15.3. The molecule has 0 aliphatic carbocycles. The van der Waals surface area contributed by atoms with E-state index in [-0.39, 0.29) is 6.10 Å². The van der Waals surface area contributed by atoms with E-state index in [0.29, 0.717) is 6.61 Å². The van der Waals surface area contributed by atoms with E-state index in [1.165, 1.54) is 0 Å². The monoisotopic (exact) mass is 441 g/mol. The van der Waals surface area contributed by atoms with Gasteiger partial charge in [0.25, 0.3) is 0 Å². The molecule has 2 aromatic carbocycles. The van der Waals surface area contributed by atoms with Crippen molar-refractivity contribution in [2.45, 2.75) is 30.6 Å². The van der Waals surface area contributed by atoms with Crippen LogP contribution in [0.15, 0.2) is 53.7 Å². The molecule has 1 atom stereocenters. The second-order valence-electron chi connectivity index (χ2n) is 7.15. The van der Waals surface area contributed by atoms with Crippen molar-refractivity contribution in [3.8, 4) is 28.6 Å². The van der Waals surface area contributed by atoms with Gasteiger partial charge in [-0.1, -0.05) is 11.8 Å². The predicted octanol–water partition coefficient (Wildman–Crippen LogP) is 4.31. The first-order valence-corrected chi connectivity index (χ1v) is 11.3. The highest BCUT2D eigenvalue weighted by atomic mass is 32.2. The summed E-state index contributed by atoms with van der Waals surface area (Å²) in [5, 5.41) is 9.82. The SMILES string of the molecule is COc1ccc(OCCSc2nnc(-c3ccc(OC)cc3)n2CC2CCCO2)cc1. The quantitative estimate of drug-likeness (QED) is 0.343. The first-order valence-electron chi connectivity index (χ1n) is 10.4. The molecular weight excluding hydrogens is 414 g/mol. The zero-order valence-corrected chi connectivity index (χ0v) is 18.6. The van der Waals surface area contributed by atoms with Crippen LogP contribution in [0.2, 0.25) is 0 Å². The maximum absolute atomic E-state index is 5.87. The number of benzene rings is 2. The van der Waals surface area contributed by atoms with Gasteiger partial charge in [-0.05, 0) is 61.4 Å². The lowest BCUT2D eigenvalue weighted by Gasteiger charge is -2.15. The highest BCUT2D eigenvalue weighted by Crippen LogP contribution is 2.28. The lowest BCUT2D eigenvalue weighted by atomic mass is 10.2. The van der Waals surface area contributed by atoms with E-state index in [0.717, 1.165) is 65.5 Å². The minimum atomic E-state index is 0.197. The third-order valence-corrected chi connectivity index (χ3v) is 6.05. The van der Waals surface area contributed by atoms with Crippen molar-refractivity contribution in [3.05, 3.63) is 48.5 Å². The Kier molecular flexibility index (Phi) is 7.32. The van der Waals surface area contributed by atoms with Crippen molar-refractivity contribution in [2.75, 3.05) is 33.2 Å². The fourth-order valence-corrected chi connectivity index (χ4v) is 4.23. The molecule has 0 bridgehead atoms. The van der Waals surface area contributed by atoms with Crippen molar-refractivity contribution >= 4 is 11.8 Å². The van der Waals surface area contributed by atoms with Crippen molar-refractivity contribution in [2.24, 2.45) is 0 Å². The van der Waals surface area contributed by atoms with Crippen molar-refractivity contribution in [1.82, 2.24) is 14.8 Å². The summed E-state index contributed by atoms with van der Waals surface area (Å²) in [5.41, 5.74) is 1.01. The molecule has 2 heterocycles. The van der Waals surface area contributed by atoms with Crippen LogP contribution in [0, 0.1) is 0 Å². The van der Waals surface area contributed by atoms with Crippen molar-refractivity contribution in [1.29, 1.82) is 0 Å². The number of methoxy groups -OCH3 is 2. The van der Waals surface area contributed by atoms with Gasteiger partial charge in [-0.3, -0.25) is 4.57 Å². The Bertz CT molecular complexity index is 954. The second-order valence-corrected chi connectivity index (χ2v) is 8.21. The van der Waals surface area contributed by atoms with Crippen LogP contribution in [-0.4, -0.2) is 54.1 Å². The standard InChI is InChI=1S/C23H27N3O4S/c1-27-18-7-5-17(6-8-18)22-24-25-23(26(22)16-21-4-3-13-29-21)31-15-14-30-20-11-9-19(28-2)10-12-20/h5-12,21H,3-4,13-16H2,1-2H3. The molecule has 1 saturated heterocycles. The van der Waals surface area contributed by atoms with Crippen molar-refractivity contribution in [3.63, 3.8) is 0 Å². The van der Waals surface area contributed by atoms with Crippen LogP contribution >= 0.6 is 11.8 Å². The zero-order valence-electron chi connectivity index (χ0n) is 17.8. The summed E-state index contributed by atoms with van der Waals surface area (Å²) in [4.78, 5) is 0. The number of hydrogen-bond donors (Lipinski definition) is 0. The molecule has 31 heavy (non-hydrogen) atoms. The molecule has 1 aliphatic rings. The van der Waals surface area contributed by atoms with Gasteiger partial charge in [0.1, 0.15) is 17.2 Å². The molecule has 0 radical (unpaired) electrons. The average molecular weight is 442 g/mol. The molecule has 1 aliphatic heterocycles. The number of ether oxygens (including phenoxy) is 4. The summed E-state index contributed by atoms with van der Waals surface area (Å²) in [7, 11) is 3.32. The maximum Gasteiger partial charge on any atom is 0.191 e. The van der Waals surface area contributed by atoms with Crippen LogP contribution < -0.4 is 14.2 Å². The molecule has 1 fully saturated rings. The highest BCUT2D eigenvalue weighted by molar-refractivity contribution is 7.99. The van der Waals surface area contributed by atoms with Gasteiger partial charge in [0.15, 0.2) is 11.0 Å². The minimum Gasteiger partial charge on any atom is -0.497 e. The van der Waals surface area contributed by atoms with Gasteiger partial charge < -0.3 is 18.9 Å². The van der Waals surface area contributed by atoms with E-state index in [1.807, 2.05) is 48.5 Å². The van der Waals surface area contributed by atoms with Crippen LogP contribution in [0.25, 0.3) is 11.4 Å². The Morgan fingerprint density at radius 3 is 2.29 bits per heavy atom. The highest BCUT2D eigenvalue weighted by Gasteiger charge is 2.21. The zero-order chi connectivity index (χ0) is 21.5. The lowest BCUT2D eigenvalue weighted by molar-refractivity contribution is 0.0953. The van der Waals surface area contributed by atoms with Gasteiger partial charge in [0, 0.05) is 17.9 Å². The molecule has 0 N–H and O–H groups in total. The van der Waals surface area contributed by atoms with Crippen molar-refractivity contribution < 1.29 is 18.9 Å². The number of aromatic nitrogens is 3. The molecular formula is C23H27N3O4S. The van der Waals surface area contributed by atoms with E-state index in [2.05, 4.69) is 14.8 Å². The van der Waals surface area contributed by atoms with Crippen LogP contribution in [0.1, 0.15) is 12.8 Å². The molecule has 0 spiro atoms. The smallest absolute Gasteiger partial charge is 0.191 e. The van der Waals surface area contributed by atoms with Gasteiger partial charge in [0.05, 0.1) is 33.5 Å². The summed E-state index contributed by atoms with van der Waals surface area (Å²) < 4.78 is 24.3. The Morgan fingerprint density at radius 1 is 0.968 bits per heavy atom. The summed E-state index contributed by atoms with van der Waals surface area (Å²) in [5.74, 6) is 4.06. The molecule has 1 unspecified atom stereocenters. The fourth-order valence-electron chi connectivity index (χ4n) is 3.47. The van der Waals surface area contributed by atoms with Gasteiger partial charge in [-0.25, -0.2) is 0 Å². The minimum absolute atomic E-state index is 0.197. The molecule has 0 saturated carbocycles. The van der Waals surface area contributed by atoms with Crippen LogP contribution in [-0.2, 0) is 11.3 Å². The summed E-state index contributed by atoms with van der Waals surface area (Å²) in [6.07, 6.45) is 2.36. The average Bonchev–Trinajstić information content (AvgIpc) is 3.48. The van der Waals surface area contributed by atoms with Gasteiger partial charge in [-0.2, -0.15) is 0 Å². The Morgan fingerprint density at radius 2 is 1.65 bits per heavy atom. The van der Waals surface area contributed by atoms with Gasteiger partial charge >= 0.3 is 0 Å². The molecule has 7 nitrogen and oxygen atoms in total. The van der Waals surface area contributed by atoms with Crippen LogP contribution in [0.3, 0.4) is 0 Å². The normalized spacial score (nSPS) is 15.7. The number of hydrogen-bond acceptors (Lipinski definition) is 7. The fraction of sp³-hybridized carbons (Fsp3) is 0.391. The summed E-state index contributed by atoms with van der Waals surface area (Å²) >= 11 is 1.64. The first kappa shape index (κ1) is 21.5. The number of thioether (sulfide) groups is 1. The van der Waals surface area contributed by atoms with Crippen LogP contribution in [0.4, 0.5) is 0 Å². The van der Waals surface area contributed by atoms with Crippen LogP contribution in [0.5, 0.6) is 17.2 Å². The molecule has 0 amide bonds. The number of rotatable bonds is 10. The van der Waals surface area contributed by atoms with E-state index in [4.69, 9.17) is 18.9 Å². The van der Waals surface area contributed by atoms with E-state index < -0.39 is 0 Å². The molecule has 8 heteroatoms. The van der Waals surface area contributed by atoms with E-state index in [1.54, 1.807) is 26.0 Å². The summed E-state index contributed by atoms with van der Waals surface area (Å²) in [6.45, 7) is 2.14. The Hall–Kier alpha value is -2.71. The third-order valence-electron chi connectivity index (χ3n) is 5.12. The Labute approximate surface area is 186 Å². The second kappa shape index (κ2) is 10.5. The Balaban J connectivity index is 1.43. The van der Waals surface area contributed by atoms with Gasteiger partial charge in [-0.15, -0.1) is 10.2 Å². The largest absolute Gasteiger partial charge is 0.497 e. The van der Waals surface area contributed by atoms with E-state index >= 15 is 0 Å².